The van der Waals surface area contributed by atoms with Crippen molar-refractivity contribution in [3.05, 3.63) is 35.4 Å². The zero-order valence-corrected chi connectivity index (χ0v) is 12.5. The summed E-state index contributed by atoms with van der Waals surface area (Å²) in [6.45, 7) is 2.84. The second kappa shape index (κ2) is 5.31. The Morgan fingerprint density at radius 3 is 2.67 bits per heavy atom. The lowest BCUT2D eigenvalue weighted by Gasteiger charge is -2.24. The van der Waals surface area contributed by atoms with Crippen LogP contribution in [0.1, 0.15) is 24.0 Å². The van der Waals surface area contributed by atoms with Crippen molar-refractivity contribution in [3.63, 3.8) is 0 Å². The first-order valence-corrected chi connectivity index (χ1v) is 7.40. The first-order valence-electron chi connectivity index (χ1n) is 7.40. The van der Waals surface area contributed by atoms with Crippen LogP contribution >= 0.6 is 0 Å². The van der Waals surface area contributed by atoms with Crippen LogP contribution in [0, 0.1) is 6.92 Å². The third-order valence-corrected chi connectivity index (χ3v) is 4.58. The molecule has 2 aliphatic rings. The molecule has 1 saturated heterocycles. The number of rotatable bonds is 3. The molecule has 1 aromatic carbocycles. The predicted molar refractivity (Wildman–Crippen MR) is 79.0 cm³/mol. The van der Waals surface area contributed by atoms with E-state index in [4.69, 9.17) is 4.74 Å². The average molecular weight is 290 g/mol. The van der Waals surface area contributed by atoms with Gasteiger partial charge in [-0.3, -0.25) is 0 Å². The summed E-state index contributed by atoms with van der Waals surface area (Å²) in [5.74, 6) is 0. The number of hydrogen-bond acceptors (Lipinski definition) is 3. The SMILES string of the molecule is CO[C@H]1CN(C(=O)NC2(c3ccccc3C)CC2)C[C@@H]1O. The predicted octanol–water partition coefficient (Wildman–Crippen LogP) is 1.39. The van der Waals surface area contributed by atoms with Crippen molar-refractivity contribution in [1.82, 2.24) is 10.2 Å². The molecule has 2 N–H and O–H groups in total. The summed E-state index contributed by atoms with van der Waals surface area (Å²) < 4.78 is 5.18. The Labute approximate surface area is 124 Å². The highest BCUT2D eigenvalue weighted by atomic mass is 16.5. The Hall–Kier alpha value is -1.59. The topological polar surface area (TPSA) is 61.8 Å². The van der Waals surface area contributed by atoms with Crippen molar-refractivity contribution in [2.45, 2.75) is 37.5 Å². The van der Waals surface area contributed by atoms with Crippen LogP contribution in [0.5, 0.6) is 0 Å². The van der Waals surface area contributed by atoms with Crippen molar-refractivity contribution < 1.29 is 14.6 Å². The highest BCUT2D eigenvalue weighted by Gasteiger charge is 2.48. The normalized spacial score (nSPS) is 26.7. The third-order valence-electron chi connectivity index (χ3n) is 4.58. The second-order valence-electron chi connectivity index (χ2n) is 6.07. The van der Waals surface area contributed by atoms with Gasteiger partial charge in [0.15, 0.2) is 0 Å². The third kappa shape index (κ3) is 2.63. The molecule has 0 aromatic heterocycles. The van der Waals surface area contributed by atoms with Gasteiger partial charge in [0.05, 0.1) is 24.7 Å². The molecule has 5 heteroatoms. The highest BCUT2D eigenvalue weighted by molar-refractivity contribution is 5.76. The van der Waals surface area contributed by atoms with E-state index in [1.807, 2.05) is 12.1 Å². The van der Waals surface area contributed by atoms with E-state index in [2.05, 4.69) is 24.4 Å². The fraction of sp³-hybridized carbons (Fsp3) is 0.562. The molecule has 21 heavy (non-hydrogen) atoms. The molecule has 0 radical (unpaired) electrons. The lowest BCUT2D eigenvalue weighted by atomic mass is 9.99. The summed E-state index contributed by atoms with van der Waals surface area (Å²) in [6, 6.07) is 8.06. The van der Waals surface area contributed by atoms with Gasteiger partial charge in [-0.1, -0.05) is 24.3 Å². The van der Waals surface area contributed by atoms with Gasteiger partial charge in [0, 0.05) is 7.11 Å². The number of aryl methyl sites for hydroxylation is 1. The molecular formula is C16H22N2O3. The number of hydrogen-bond donors (Lipinski definition) is 2. The fourth-order valence-electron chi connectivity index (χ4n) is 3.13. The minimum atomic E-state index is -0.602. The Balaban J connectivity index is 1.70. The summed E-state index contributed by atoms with van der Waals surface area (Å²) in [5, 5.41) is 13.0. The van der Waals surface area contributed by atoms with Crippen LogP contribution in [0.4, 0.5) is 4.79 Å². The van der Waals surface area contributed by atoms with E-state index in [1.54, 1.807) is 12.0 Å². The first-order chi connectivity index (χ1) is 10.1. The van der Waals surface area contributed by atoms with Crippen LogP contribution in [0.25, 0.3) is 0 Å². The lowest BCUT2D eigenvalue weighted by Crippen LogP contribution is -2.44. The molecule has 0 unspecified atom stereocenters. The Kier molecular flexibility index (Phi) is 3.63. The summed E-state index contributed by atoms with van der Waals surface area (Å²) in [7, 11) is 1.56. The number of methoxy groups -OCH3 is 1. The second-order valence-corrected chi connectivity index (χ2v) is 6.07. The van der Waals surface area contributed by atoms with Gasteiger partial charge in [-0.15, -0.1) is 0 Å². The Morgan fingerprint density at radius 1 is 1.38 bits per heavy atom. The van der Waals surface area contributed by atoms with Gasteiger partial charge >= 0.3 is 6.03 Å². The molecule has 1 aromatic rings. The molecule has 2 amide bonds. The zero-order valence-electron chi connectivity index (χ0n) is 12.5. The minimum absolute atomic E-state index is 0.116. The number of nitrogens with one attached hydrogen (secondary N) is 1. The number of amides is 2. The number of aliphatic hydroxyl groups is 1. The van der Waals surface area contributed by atoms with Gasteiger partial charge in [-0.2, -0.15) is 0 Å². The maximum Gasteiger partial charge on any atom is 0.318 e. The van der Waals surface area contributed by atoms with Crippen LogP contribution in [0.15, 0.2) is 24.3 Å². The van der Waals surface area contributed by atoms with Crippen LogP contribution < -0.4 is 5.32 Å². The maximum absolute atomic E-state index is 12.4. The van der Waals surface area contributed by atoms with Crippen molar-refractivity contribution in [2.75, 3.05) is 20.2 Å². The standard InChI is InChI=1S/C16H22N2O3/c1-11-5-3-4-6-12(11)16(7-8-16)17-15(20)18-9-13(19)14(10-18)21-2/h3-6,13-14,19H,7-10H2,1-2H3,(H,17,20)/t13-,14-/m0/s1. The van der Waals surface area contributed by atoms with Gasteiger partial charge in [0.2, 0.25) is 0 Å². The van der Waals surface area contributed by atoms with Crippen LogP contribution in [0.2, 0.25) is 0 Å². The number of urea groups is 1. The lowest BCUT2D eigenvalue weighted by molar-refractivity contribution is 0.0215. The van der Waals surface area contributed by atoms with E-state index in [0.29, 0.717) is 13.1 Å². The molecule has 0 spiro atoms. The Bertz CT molecular complexity index is 542. The minimum Gasteiger partial charge on any atom is -0.388 e. The van der Waals surface area contributed by atoms with Gasteiger partial charge in [0.25, 0.3) is 0 Å². The molecular weight excluding hydrogens is 268 g/mol. The van der Waals surface area contributed by atoms with Crippen molar-refractivity contribution >= 4 is 6.03 Å². The molecule has 3 rings (SSSR count). The number of carbonyl (C=O) groups is 1. The number of ether oxygens (including phenoxy) is 1. The number of carbonyl (C=O) groups excluding carboxylic acids is 1. The van der Waals surface area contributed by atoms with E-state index in [1.165, 1.54) is 11.1 Å². The summed E-state index contributed by atoms with van der Waals surface area (Å²) in [6.07, 6.45) is 1.04. The molecule has 1 heterocycles. The van der Waals surface area contributed by atoms with Crippen LogP contribution in [-0.4, -0.2) is 48.4 Å². The smallest absolute Gasteiger partial charge is 0.318 e. The largest absolute Gasteiger partial charge is 0.388 e. The van der Waals surface area contributed by atoms with Crippen LogP contribution in [-0.2, 0) is 10.3 Å². The van der Waals surface area contributed by atoms with Gasteiger partial charge in [-0.25, -0.2) is 4.79 Å². The average Bonchev–Trinajstić information content (AvgIpc) is 3.13. The monoisotopic (exact) mass is 290 g/mol. The van der Waals surface area contributed by atoms with Gasteiger partial charge in [0.1, 0.15) is 6.10 Å². The molecule has 0 bridgehead atoms. The number of benzene rings is 1. The number of nitrogens with zero attached hydrogens (tertiary/aromatic N) is 1. The number of aliphatic hydroxyl groups excluding tert-OH is 1. The summed E-state index contributed by atoms with van der Waals surface area (Å²) in [5.41, 5.74) is 2.17. The van der Waals surface area contributed by atoms with E-state index in [-0.39, 0.29) is 17.7 Å². The van der Waals surface area contributed by atoms with Gasteiger partial charge in [-0.05, 0) is 30.9 Å². The number of β-amino-alcohol motifs (C(OH)–C–C–N with tert-alkyl or cyclic N) is 1. The molecule has 5 nitrogen and oxygen atoms in total. The molecule has 1 aliphatic carbocycles. The van der Waals surface area contributed by atoms with E-state index in [0.717, 1.165) is 12.8 Å². The quantitative estimate of drug-likeness (QED) is 0.884. The van der Waals surface area contributed by atoms with Crippen LogP contribution in [0.3, 0.4) is 0 Å². The molecule has 114 valence electrons. The van der Waals surface area contributed by atoms with E-state index in [9.17, 15) is 9.90 Å². The fourth-order valence-corrected chi connectivity index (χ4v) is 3.13. The molecule has 2 fully saturated rings. The molecule has 1 aliphatic heterocycles. The summed E-state index contributed by atoms with van der Waals surface area (Å²) >= 11 is 0. The van der Waals surface area contributed by atoms with Crippen molar-refractivity contribution in [2.24, 2.45) is 0 Å². The molecule has 1 saturated carbocycles. The van der Waals surface area contributed by atoms with Crippen molar-refractivity contribution in [1.29, 1.82) is 0 Å². The van der Waals surface area contributed by atoms with Crippen molar-refractivity contribution in [3.8, 4) is 0 Å². The van der Waals surface area contributed by atoms with E-state index < -0.39 is 6.10 Å². The highest BCUT2D eigenvalue weighted by Crippen LogP contribution is 2.46. The molecule has 2 atom stereocenters. The first kappa shape index (κ1) is 14.4. The number of likely N-dealkylation sites (tertiary alicyclic amines) is 1. The zero-order chi connectivity index (χ0) is 15.0. The van der Waals surface area contributed by atoms with E-state index >= 15 is 0 Å². The Morgan fingerprint density at radius 2 is 2.10 bits per heavy atom. The summed E-state index contributed by atoms with van der Waals surface area (Å²) in [4.78, 5) is 14.1. The maximum atomic E-state index is 12.4. The van der Waals surface area contributed by atoms with Gasteiger partial charge < -0.3 is 20.1 Å².